The Morgan fingerprint density at radius 1 is 1.10 bits per heavy atom. The second kappa shape index (κ2) is 7.34. The van der Waals surface area contributed by atoms with Crippen molar-refractivity contribution in [3.63, 3.8) is 0 Å². The van der Waals surface area contributed by atoms with Gasteiger partial charge < -0.3 is 10.6 Å². The largest absolute Gasteiger partial charge is 0.381 e. The molecule has 0 aliphatic rings. The molecule has 0 spiro atoms. The van der Waals surface area contributed by atoms with E-state index in [1.165, 1.54) is 0 Å². The van der Waals surface area contributed by atoms with Gasteiger partial charge in [-0.3, -0.25) is 4.79 Å². The van der Waals surface area contributed by atoms with Gasteiger partial charge in [0, 0.05) is 29.3 Å². The van der Waals surface area contributed by atoms with E-state index in [1.54, 1.807) is 13.1 Å². The summed E-state index contributed by atoms with van der Waals surface area (Å²) in [6.07, 6.45) is 0.343. The summed E-state index contributed by atoms with van der Waals surface area (Å²) in [5.74, 6) is -0.0185. The molecule has 3 nitrogen and oxygen atoms in total. The molecule has 110 valence electrons. The average Bonchev–Trinajstić information content (AvgIpc) is 2.45. The molecule has 0 radical (unpaired) electrons. The van der Waals surface area contributed by atoms with Crippen molar-refractivity contribution in [3.8, 4) is 0 Å². The minimum atomic E-state index is -0.0185. The molecular weight excluding hydrogens is 307 g/mol. The van der Waals surface area contributed by atoms with E-state index in [0.717, 1.165) is 16.8 Å². The summed E-state index contributed by atoms with van der Waals surface area (Å²) in [4.78, 5) is 11.5. The van der Waals surface area contributed by atoms with Gasteiger partial charge in [0.1, 0.15) is 0 Å². The van der Waals surface area contributed by atoms with Crippen LogP contribution in [0.4, 0.5) is 5.69 Å². The topological polar surface area (TPSA) is 41.1 Å². The van der Waals surface area contributed by atoms with Gasteiger partial charge in [0.25, 0.3) is 0 Å². The van der Waals surface area contributed by atoms with Gasteiger partial charge in [-0.1, -0.05) is 41.4 Å². The monoisotopic (exact) mass is 322 g/mol. The number of rotatable bonds is 5. The zero-order chi connectivity index (χ0) is 15.2. The molecular formula is C16H16Cl2N2O. The molecule has 2 aromatic rings. The Bertz CT molecular complexity index is 624. The van der Waals surface area contributed by atoms with Crippen molar-refractivity contribution in [2.75, 3.05) is 12.4 Å². The molecule has 0 bridgehead atoms. The van der Waals surface area contributed by atoms with Crippen LogP contribution in [0.1, 0.15) is 11.1 Å². The van der Waals surface area contributed by atoms with Crippen LogP contribution in [0.2, 0.25) is 10.0 Å². The van der Waals surface area contributed by atoms with Crippen molar-refractivity contribution >= 4 is 34.8 Å². The van der Waals surface area contributed by atoms with Gasteiger partial charge >= 0.3 is 0 Å². The highest BCUT2D eigenvalue weighted by atomic mass is 35.5. The van der Waals surface area contributed by atoms with Crippen molar-refractivity contribution in [1.29, 1.82) is 0 Å². The molecule has 0 aromatic heterocycles. The van der Waals surface area contributed by atoms with Crippen LogP contribution in [0.3, 0.4) is 0 Å². The van der Waals surface area contributed by atoms with Gasteiger partial charge in [-0.2, -0.15) is 0 Å². The Morgan fingerprint density at radius 2 is 1.76 bits per heavy atom. The van der Waals surface area contributed by atoms with Crippen LogP contribution in [0, 0.1) is 0 Å². The van der Waals surface area contributed by atoms with Gasteiger partial charge in [-0.05, 0) is 35.4 Å². The van der Waals surface area contributed by atoms with Crippen LogP contribution < -0.4 is 10.6 Å². The SMILES string of the molecule is CNC(=O)Cc1ccccc1NCc1cc(Cl)cc(Cl)c1. The first-order valence-corrected chi connectivity index (χ1v) is 7.31. The van der Waals surface area contributed by atoms with E-state index in [4.69, 9.17) is 23.2 Å². The van der Waals surface area contributed by atoms with E-state index < -0.39 is 0 Å². The molecule has 5 heteroatoms. The zero-order valence-corrected chi connectivity index (χ0v) is 13.1. The Hall–Kier alpha value is -1.71. The van der Waals surface area contributed by atoms with Crippen LogP contribution in [0.5, 0.6) is 0 Å². The Kier molecular flexibility index (Phi) is 5.48. The van der Waals surface area contributed by atoms with Crippen LogP contribution in [0.15, 0.2) is 42.5 Å². The number of likely N-dealkylation sites (N-methyl/N-ethyl adjacent to an activating group) is 1. The average molecular weight is 323 g/mol. The molecule has 1 amide bonds. The standard InChI is InChI=1S/C16H16Cl2N2O/c1-19-16(21)8-12-4-2-3-5-15(12)20-10-11-6-13(17)9-14(18)7-11/h2-7,9,20H,8,10H2,1H3,(H,19,21). The summed E-state index contributed by atoms with van der Waals surface area (Å²) < 4.78 is 0. The van der Waals surface area contributed by atoms with Crippen LogP contribution in [0.25, 0.3) is 0 Å². The fourth-order valence-electron chi connectivity index (χ4n) is 2.02. The molecule has 0 aliphatic heterocycles. The maximum absolute atomic E-state index is 11.5. The highest BCUT2D eigenvalue weighted by Gasteiger charge is 2.06. The number of para-hydroxylation sites is 1. The van der Waals surface area contributed by atoms with E-state index in [9.17, 15) is 4.79 Å². The number of nitrogens with one attached hydrogen (secondary N) is 2. The van der Waals surface area contributed by atoms with E-state index in [0.29, 0.717) is 23.0 Å². The fraction of sp³-hybridized carbons (Fsp3) is 0.188. The second-order valence-corrected chi connectivity index (χ2v) is 5.51. The second-order valence-electron chi connectivity index (χ2n) is 4.64. The molecule has 0 saturated heterocycles. The molecule has 0 aliphatic carbocycles. The zero-order valence-electron chi connectivity index (χ0n) is 11.6. The molecule has 0 atom stereocenters. The van der Waals surface area contributed by atoms with Gasteiger partial charge in [-0.15, -0.1) is 0 Å². The van der Waals surface area contributed by atoms with Crippen molar-refractivity contribution in [2.45, 2.75) is 13.0 Å². The quantitative estimate of drug-likeness (QED) is 0.876. The first kappa shape index (κ1) is 15.7. The van der Waals surface area contributed by atoms with E-state index in [-0.39, 0.29) is 5.91 Å². The van der Waals surface area contributed by atoms with E-state index >= 15 is 0 Å². The molecule has 0 unspecified atom stereocenters. The lowest BCUT2D eigenvalue weighted by Crippen LogP contribution is -2.20. The number of hydrogen-bond acceptors (Lipinski definition) is 2. The Balaban J connectivity index is 2.10. The molecule has 0 heterocycles. The Labute approximate surface area is 134 Å². The smallest absolute Gasteiger partial charge is 0.224 e. The lowest BCUT2D eigenvalue weighted by molar-refractivity contribution is -0.119. The lowest BCUT2D eigenvalue weighted by atomic mass is 10.1. The summed E-state index contributed by atoms with van der Waals surface area (Å²) >= 11 is 12.0. The van der Waals surface area contributed by atoms with Crippen LogP contribution in [-0.4, -0.2) is 13.0 Å². The van der Waals surface area contributed by atoms with Crippen LogP contribution in [-0.2, 0) is 17.8 Å². The lowest BCUT2D eigenvalue weighted by Gasteiger charge is -2.12. The van der Waals surface area contributed by atoms with Gasteiger partial charge in [0.2, 0.25) is 5.91 Å². The fourth-order valence-corrected chi connectivity index (χ4v) is 2.59. The van der Waals surface area contributed by atoms with Gasteiger partial charge in [0.15, 0.2) is 0 Å². The summed E-state index contributed by atoms with van der Waals surface area (Å²) in [7, 11) is 1.63. The van der Waals surface area contributed by atoms with Crippen molar-refractivity contribution in [1.82, 2.24) is 5.32 Å². The molecule has 2 aromatic carbocycles. The number of anilines is 1. The van der Waals surface area contributed by atoms with Gasteiger partial charge in [0.05, 0.1) is 6.42 Å². The molecule has 0 fully saturated rings. The third kappa shape index (κ3) is 4.66. The van der Waals surface area contributed by atoms with Crippen molar-refractivity contribution in [2.24, 2.45) is 0 Å². The third-order valence-electron chi connectivity index (χ3n) is 3.05. The predicted molar refractivity (Wildman–Crippen MR) is 88.0 cm³/mol. The summed E-state index contributed by atoms with van der Waals surface area (Å²) in [6, 6.07) is 13.2. The first-order valence-electron chi connectivity index (χ1n) is 6.56. The molecule has 21 heavy (non-hydrogen) atoms. The molecule has 0 saturated carbocycles. The minimum absolute atomic E-state index is 0.0185. The third-order valence-corrected chi connectivity index (χ3v) is 3.49. The Morgan fingerprint density at radius 3 is 2.43 bits per heavy atom. The number of halogens is 2. The number of carbonyl (C=O) groups excluding carboxylic acids is 1. The number of amides is 1. The minimum Gasteiger partial charge on any atom is -0.381 e. The number of carbonyl (C=O) groups is 1. The van der Waals surface area contributed by atoms with E-state index in [2.05, 4.69) is 10.6 Å². The number of benzene rings is 2. The highest BCUT2D eigenvalue weighted by molar-refractivity contribution is 6.34. The number of hydrogen-bond donors (Lipinski definition) is 2. The molecule has 2 rings (SSSR count). The summed E-state index contributed by atoms with van der Waals surface area (Å²) in [5, 5.41) is 7.16. The maximum atomic E-state index is 11.5. The normalized spacial score (nSPS) is 10.2. The summed E-state index contributed by atoms with van der Waals surface area (Å²) in [6.45, 7) is 0.588. The highest BCUT2D eigenvalue weighted by Crippen LogP contribution is 2.21. The van der Waals surface area contributed by atoms with Gasteiger partial charge in [-0.25, -0.2) is 0 Å². The molecule has 2 N–H and O–H groups in total. The van der Waals surface area contributed by atoms with Crippen molar-refractivity contribution in [3.05, 3.63) is 63.6 Å². The first-order chi connectivity index (χ1) is 10.1. The van der Waals surface area contributed by atoms with Crippen molar-refractivity contribution < 1.29 is 4.79 Å². The predicted octanol–water partition coefficient (Wildman–Crippen LogP) is 3.89. The maximum Gasteiger partial charge on any atom is 0.224 e. The summed E-state index contributed by atoms with van der Waals surface area (Å²) in [5.41, 5.74) is 2.87. The van der Waals surface area contributed by atoms with E-state index in [1.807, 2.05) is 36.4 Å². The van der Waals surface area contributed by atoms with Crippen LogP contribution >= 0.6 is 23.2 Å².